The molecule has 0 saturated heterocycles. The van der Waals surface area contributed by atoms with Crippen molar-refractivity contribution in [1.29, 1.82) is 0 Å². The van der Waals surface area contributed by atoms with Crippen molar-refractivity contribution in [2.24, 2.45) is 0 Å². The minimum Gasteiger partial charge on any atom is -0.495 e. The predicted molar refractivity (Wildman–Crippen MR) is 59.1 cm³/mol. The summed E-state index contributed by atoms with van der Waals surface area (Å²) in [5.74, 6) is -0.427. The number of benzene rings is 1. The molecule has 4 nitrogen and oxygen atoms in total. The Hall–Kier alpha value is -1.68. The summed E-state index contributed by atoms with van der Waals surface area (Å²) in [6.07, 6.45) is 1.28. The molecule has 16 heavy (non-hydrogen) atoms. The molecule has 1 N–H and O–H groups in total. The van der Waals surface area contributed by atoms with Gasteiger partial charge in [-0.25, -0.2) is 0 Å². The maximum atomic E-state index is 10.7. The van der Waals surface area contributed by atoms with Crippen molar-refractivity contribution in [3.05, 3.63) is 29.0 Å². The molecule has 0 fully saturated rings. The molecule has 0 aliphatic rings. The van der Waals surface area contributed by atoms with E-state index in [-0.39, 0.29) is 6.42 Å². The Kier molecular flexibility index (Phi) is 2.75. The molecule has 0 unspecified atom stereocenters. The van der Waals surface area contributed by atoms with Gasteiger partial charge in [-0.05, 0) is 12.1 Å². The smallest absolute Gasteiger partial charge is 0.307 e. The normalized spacial score (nSPS) is 10.6. The maximum absolute atomic E-state index is 10.7. The van der Waals surface area contributed by atoms with Gasteiger partial charge in [-0.2, -0.15) is 0 Å². The quantitative estimate of drug-likeness (QED) is 0.896. The molecule has 1 aromatic carbocycles. The number of ether oxygens (including phenoxy) is 1. The number of carboxylic acids is 1. The van der Waals surface area contributed by atoms with Gasteiger partial charge in [0, 0.05) is 10.9 Å². The number of rotatable bonds is 3. The van der Waals surface area contributed by atoms with Crippen molar-refractivity contribution >= 4 is 28.5 Å². The van der Waals surface area contributed by atoms with Crippen molar-refractivity contribution in [1.82, 2.24) is 0 Å². The summed E-state index contributed by atoms with van der Waals surface area (Å²) in [4.78, 5) is 10.7. The van der Waals surface area contributed by atoms with Crippen LogP contribution in [0.2, 0.25) is 5.02 Å². The molecule has 0 aliphatic carbocycles. The SMILES string of the molecule is COc1ccc2occ(CC(=O)O)c2c1Cl. The molecular formula is C11H9ClO4. The van der Waals surface area contributed by atoms with E-state index < -0.39 is 5.97 Å². The molecule has 1 aromatic heterocycles. The highest BCUT2D eigenvalue weighted by Gasteiger charge is 2.15. The average Bonchev–Trinajstić information content (AvgIpc) is 2.62. The van der Waals surface area contributed by atoms with Crippen molar-refractivity contribution in [3.8, 4) is 5.75 Å². The molecule has 84 valence electrons. The highest BCUT2D eigenvalue weighted by Crippen LogP contribution is 2.35. The van der Waals surface area contributed by atoms with Gasteiger partial charge >= 0.3 is 5.97 Å². The number of carbonyl (C=O) groups is 1. The molecule has 0 spiro atoms. The summed E-state index contributed by atoms with van der Waals surface area (Å²) in [6, 6.07) is 3.38. The van der Waals surface area contributed by atoms with Crippen molar-refractivity contribution in [3.63, 3.8) is 0 Å². The molecule has 5 heteroatoms. The van der Waals surface area contributed by atoms with Crippen molar-refractivity contribution in [2.45, 2.75) is 6.42 Å². The van der Waals surface area contributed by atoms with E-state index in [1.165, 1.54) is 13.4 Å². The first-order valence-electron chi connectivity index (χ1n) is 4.58. The second kappa shape index (κ2) is 4.06. The first-order chi connectivity index (χ1) is 7.63. The number of aliphatic carboxylic acids is 1. The molecule has 0 atom stereocenters. The monoisotopic (exact) mass is 240 g/mol. The molecule has 2 rings (SSSR count). The number of halogens is 1. The number of furan rings is 1. The molecule has 0 aliphatic heterocycles. The number of hydrogen-bond acceptors (Lipinski definition) is 3. The van der Waals surface area contributed by atoms with Crippen LogP contribution in [0.15, 0.2) is 22.8 Å². The van der Waals surface area contributed by atoms with Crippen LogP contribution >= 0.6 is 11.6 Å². The van der Waals surface area contributed by atoms with E-state index in [2.05, 4.69) is 0 Å². The van der Waals surface area contributed by atoms with Gasteiger partial charge in [-0.15, -0.1) is 0 Å². The molecule has 2 aromatic rings. The summed E-state index contributed by atoms with van der Waals surface area (Å²) in [6.45, 7) is 0. The van der Waals surface area contributed by atoms with Gasteiger partial charge in [0.25, 0.3) is 0 Å². The largest absolute Gasteiger partial charge is 0.495 e. The lowest BCUT2D eigenvalue weighted by atomic mass is 10.1. The van der Waals surface area contributed by atoms with Gasteiger partial charge in [-0.3, -0.25) is 4.79 Å². The second-order valence-corrected chi connectivity index (χ2v) is 3.66. The Balaban J connectivity index is 2.63. The van der Waals surface area contributed by atoms with Crippen LogP contribution < -0.4 is 4.74 Å². The average molecular weight is 241 g/mol. The Bertz CT molecular complexity index is 544. The molecule has 1 heterocycles. The maximum Gasteiger partial charge on any atom is 0.307 e. The minimum absolute atomic E-state index is 0.125. The summed E-state index contributed by atoms with van der Waals surface area (Å²) in [5.41, 5.74) is 1.11. The Morgan fingerprint density at radius 2 is 2.31 bits per heavy atom. The van der Waals surface area contributed by atoms with Crippen LogP contribution in [0.3, 0.4) is 0 Å². The van der Waals surface area contributed by atoms with Crippen LogP contribution in [0.1, 0.15) is 5.56 Å². The zero-order valence-corrected chi connectivity index (χ0v) is 9.25. The first-order valence-corrected chi connectivity index (χ1v) is 4.95. The molecule has 0 bridgehead atoms. The Morgan fingerprint density at radius 3 is 2.94 bits per heavy atom. The van der Waals surface area contributed by atoms with Crippen molar-refractivity contribution < 1.29 is 19.1 Å². The Labute approximate surface area is 96.4 Å². The molecular weight excluding hydrogens is 232 g/mol. The highest BCUT2D eigenvalue weighted by atomic mass is 35.5. The van der Waals surface area contributed by atoms with E-state index in [9.17, 15) is 4.79 Å². The predicted octanol–water partition coefficient (Wildman–Crippen LogP) is 2.72. The standard InChI is InChI=1S/C11H9ClO4/c1-15-8-3-2-7-10(11(8)12)6(5-16-7)4-9(13)14/h2-3,5H,4H2,1H3,(H,13,14). The Morgan fingerprint density at radius 1 is 1.56 bits per heavy atom. The summed E-state index contributed by atoms with van der Waals surface area (Å²) in [7, 11) is 1.50. The summed E-state index contributed by atoms with van der Waals surface area (Å²) in [5, 5.41) is 9.73. The van der Waals surface area contributed by atoms with Crippen LogP contribution in [0, 0.1) is 0 Å². The van der Waals surface area contributed by atoms with Crippen LogP contribution in [0.4, 0.5) is 0 Å². The van der Waals surface area contributed by atoms with Gasteiger partial charge in [0.2, 0.25) is 0 Å². The molecule has 0 amide bonds. The van der Waals surface area contributed by atoms with Crippen molar-refractivity contribution in [2.75, 3.05) is 7.11 Å². The van der Waals surface area contributed by atoms with Gasteiger partial charge in [0.15, 0.2) is 0 Å². The number of methoxy groups -OCH3 is 1. The molecule has 0 radical (unpaired) electrons. The van der Waals surface area contributed by atoms with E-state index in [4.69, 9.17) is 25.9 Å². The van der Waals surface area contributed by atoms with E-state index in [0.29, 0.717) is 27.3 Å². The summed E-state index contributed by atoms with van der Waals surface area (Å²) < 4.78 is 10.3. The number of fused-ring (bicyclic) bond motifs is 1. The lowest BCUT2D eigenvalue weighted by Gasteiger charge is -2.03. The third-order valence-corrected chi connectivity index (χ3v) is 2.65. The van der Waals surface area contributed by atoms with Gasteiger partial charge in [0.1, 0.15) is 11.3 Å². The second-order valence-electron chi connectivity index (χ2n) is 3.29. The lowest BCUT2D eigenvalue weighted by Crippen LogP contribution is -1.99. The fourth-order valence-corrected chi connectivity index (χ4v) is 1.94. The number of carboxylic acid groups (broad SMARTS) is 1. The lowest BCUT2D eigenvalue weighted by molar-refractivity contribution is -0.136. The zero-order valence-electron chi connectivity index (χ0n) is 8.49. The fraction of sp³-hybridized carbons (Fsp3) is 0.182. The topological polar surface area (TPSA) is 59.7 Å². The number of hydrogen-bond donors (Lipinski definition) is 1. The van der Waals surface area contributed by atoms with Crippen LogP contribution in [0.5, 0.6) is 5.75 Å². The fourth-order valence-electron chi connectivity index (χ4n) is 1.58. The zero-order chi connectivity index (χ0) is 11.7. The minimum atomic E-state index is -0.929. The first kappa shape index (κ1) is 10.8. The summed E-state index contributed by atoms with van der Waals surface area (Å²) >= 11 is 6.09. The van der Waals surface area contributed by atoms with Crippen LogP contribution in [0.25, 0.3) is 11.0 Å². The van der Waals surface area contributed by atoms with E-state index >= 15 is 0 Å². The van der Waals surface area contributed by atoms with Crippen LogP contribution in [-0.2, 0) is 11.2 Å². The van der Waals surface area contributed by atoms with E-state index in [0.717, 1.165) is 0 Å². The van der Waals surface area contributed by atoms with Crippen LogP contribution in [-0.4, -0.2) is 18.2 Å². The third kappa shape index (κ3) is 1.72. The van der Waals surface area contributed by atoms with Gasteiger partial charge < -0.3 is 14.3 Å². The van der Waals surface area contributed by atoms with E-state index in [1.54, 1.807) is 12.1 Å². The molecule has 0 saturated carbocycles. The highest BCUT2D eigenvalue weighted by molar-refractivity contribution is 6.37. The van der Waals surface area contributed by atoms with E-state index in [1.807, 2.05) is 0 Å². The van der Waals surface area contributed by atoms with Gasteiger partial charge in [0.05, 0.1) is 24.8 Å². The third-order valence-electron chi connectivity index (χ3n) is 2.28. The van der Waals surface area contributed by atoms with Gasteiger partial charge in [-0.1, -0.05) is 11.6 Å².